The van der Waals surface area contributed by atoms with E-state index in [0.717, 1.165) is 56.4 Å². The van der Waals surface area contributed by atoms with E-state index in [1.807, 2.05) is 11.1 Å². The van der Waals surface area contributed by atoms with Gasteiger partial charge in [0.25, 0.3) is 0 Å². The molecule has 3 aliphatic heterocycles. The summed E-state index contributed by atoms with van der Waals surface area (Å²) in [6.07, 6.45) is 7.39. The van der Waals surface area contributed by atoms with Crippen LogP contribution in [-0.4, -0.2) is 57.3 Å². The molecule has 6 nitrogen and oxygen atoms in total. The van der Waals surface area contributed by atoms with Crippen LogP contribution in [0.25, 0.3) is 5.57 Å². The number of hydrogen-bond donors (Lipinski definition) is 0. The fourth-order valence-electron chi connectivity index (χ4n) is 5.18. The van der Waals surface area contributed by atoms with Crippen molar-refractivity contribution in [3.05, 3.63) is 47.7 Å². The molecule has 0 saturated carbocycles. The number of piperidine rings is 1. The quantitative estimate of drug-likeness (QED) is 0.566. The van der Waals surface area contributed by atoms with Gasteiger partial charge < -0.3 is 9.64 Å². The molecular formula is C24H28F3N5OS. The molecule has 34 heavy (non-hydrogen) atoms. The Balaban J connectivity index is 1.22. The molecule has 1 atom stereocenters. The van der Waals surface area contributed by atoms with Crippen molar-refractivity contribution < 1.29 is 17.9 Å². The van der Waals surface area contributed by atoms with Crippen LogP contribution >= 0.6 is 11.9 Å². The highest BCUT2D eigenvalue weighted by atomic mass is 32.2. The lowest BCUT2D eigenvalue weighted by molar-refractivity contribution is -0.141. The topological polar surface area (TPSA) is 54.4 Å². The predicted molar refractivity (Wildman–Crippen MR) is 127 cm³/mol. The van der Waals surface area contributed by atoms with Gasteiger partial charge in [0.1, 0.15) is 17.2 Å². The van der Waals surface area contributed by atoms with Gasteiger partial charge in [-0.15, -0.1) is 0 Å². The maximum Gasteiger partial charge on any atom is 0.434 e. The van der Waals surface area contributed by atoms with Gasteiger partial charge in [0.15, 0.2) is 5.69 Å². The normalized spacial score (nSPS) is 24.0. The molecule has 182 valence electrons. The van der Waals surface area contributed by atoms with Gasteiger partial charge in [0.2, 0.25) is 0 Å². The Morgan fingerprint density at radius 3 is 2.50 bits per heavy atom. The number of anilines is 1. The number of nitrogens with zero attached hydrogens (tertiary/aromatic N) is 5. The molecule has 1 unspecified atom stereocenters. The molecular weight excluding hydrogens is 463 g/mol. The Kier molecular flexibility index (Phi) is 6.22. The summed E-state index contributed by atoms with van der Waals surface area (Å²) < 4.78 is 47.1. The molecule has 10 heteroatoms. The minimum atomic E-state index is -4.47. The van der Waals surface area contributed by atoms with Crippen LogP contribution in [0.2, 0.25) is 0 Å². The van der Waals surface area contributed by atoms with Crippen molar-refractivity contribution in [3.8, 4) is 5.75 Å². The molecule has 0 aromatic carbocycles. The number of rotatable bonds is 4. The van der Waals surface area contributed by atoms with Gasteiger partial charge in [-0.3, -0.25) is 4.98 Å². The average molecular weight is 492 g/mol. The van der Waals surface area contributed by atoms with Crippen LogP contribution in [0.15, 0.2) is 30.7 Å². The van der Waals surface area contributed by atoms with Crippen molar-refractivity contribution >= 4 is 23.3 Å². The third-order valence-corrected chi connectivity index (χ3v) is 8.05. The van der Waals surface area contributed by atoms with Gasteiger partial charge in [-0.05, 0) is 44.1 Å². The Hall–Kier alpha value is -2.33. The van der Waals surface area contributed by atoms with E-state index in [1.165, 1.54) is 17.3 Å². The summed E-state index contributed by atoms with van der Waals surface area (Å²) >= 11 is 1.77. The van der Waals surface area contributed by atoms with E-state index in [4.69, 9.17) is 4.74 Å². The molecule has 2 aromatic rings. The first-order valence-electron chi connectivity index (χ1n) is 11.6. The van der Waals surface area contributed by atoms with Crippen molar-refractivity contribution in [2.45, 2.75) is 44.4 Å². The SMILES string of the molecule is CSN1CC=C(c2cc3c(cn2)OC(C)(C2CCN(c4cnc(C(F)(F)F)cn4)CC2)C3)CC1. The highest BCUT2D eigenvalue weighted by molar-refractivity contribution is 7.96. The molecule has 0 bridgehead atoms. The predicted octanol–water partition coefficient (Wildman–Crippen LogP) is 4.87. The first kappa shape index (κ1) is 23.4. The standard InChI is InChI=1S/C24H28F3N5OS/c1-23(18-5-7-31(8-6-18)22-15-29-21(14-30-22)24(25,26)27)12-17-11-19(28-13-20(17)33-23)16-3-9-32(34-2)10-4-16/h3,11,13-15,18H,4-10,12H2,1-2H3. The third kappa shape index (κ3) is 4.62. The number of hydrogen-bond acceptors (Lipinski definition) is 7. The van der Waals surface area contributed by atoms with Crippen molar-refractivity contribution in [3.63, 3.8) is 0 Å². The van der Waals surface area contributed by atoms with Gasteiger partial charge >= 0.3 is 6.18 Å². The second-order valence-corrected chi connectivity index (χ2v) is 10.2. The second kappa shape index (κ2) is 9.03. The summed E-state index contributed by atoms with van der Waals surface area (Å²) in [5.74, 6) is 1.69. The van der Waals surface area contributed by atoms with Gasteiger partial charge in [-0.2, -0.15) is 13.2 Å². The number of fused-ring (bicyclic) bond motifs is 1. The largest absolute Gasteiger partial charge is 0.485 e. The number of halogens is 3. The lowest BCUT2D eigenvalue weighted by Gasteiger charge is -2.40. The zero-order chi connectivity index (χ0) is 23.9. The molecule has 1 fully saturated rings. The van der Waals surface area contributed by atoms with Crippen LogP contribution in [0.4, 0.5) is 19.0 Å². The van der Waals surface area contributed by atoms with Gasteiger partial charge in [-0.25, -0.2) is 14.3 Å². The molecule has 1 saturated heterocycles. The molecule has 0 N–H and O–H groups in total. The third-order valence-electron chi connectivity index (χ3n) is 7.20. The Labute approximate surface area is 201 Å². The zero-order valence-electron chi connectivity index (χ0n) is 19.3. The lowest BCUT2D eigenvalue weighted by atomic mass is 9.79. The fraction of sp³-hybridized carbons (Fsp3) is 0.542. The number of alkyl halides is 3. The second-order valence-electron chi connectivity index (χ2n) is 9.34. The number of aromatic nitrogens is 3. The molecule has 0 radical (unpaired) electrons. The number of ether oxygens (including phenoxy) is 1. The molecule has 3 aliphatic rings. The Bertz CT molecular complexity index is 1070. The van der Waals surface area contributed by atoms with Crippen LogP contribution in [-0.2, 0) is 12.6 Å². The summed E-state index contributed by atoms with van der Waals surface area (Å²) in [4.78, 5) is 14.2. The van der Waals surface area contributed by atoms with Crippen molar-refractivity contribution in [2.24, 2.45) is 5.92 Å². The van der Waals surface area contributed by atoms with E-state index < -0.39 is 11.9 Å². The Morgan fingerprint density at radius 1 is 1.09 bits per heavy atom. The van der Waals surface area contributed by atoms with Gasteiger partial charge in [0, 0.05) is 44.1 Å². The smallest absolute Gasteiger partial charge is 0.434 e. The molecule has 0 aliphatic carbocycles. The summed E-state index contributed by atoms with van der Waals surface area (Å²) in [6.45, 7) is 5.55. The number of pyridine rings is 1. The highest BCUT2D eigenvalue weighted by Gasteiger charge is 2.43. The van der Waals surface area contributed by atoms with E-state index >= 15 is 0 Å². The molecule has 2 aromatic heterocycles. The van der Waals surface area contributed by atoms with Crippen LogP contribution in [0.5, 0.6) is 5.75 Å². The van der Waals surface area contributed by atoms with Crippen LogP contribution < -0.4 is 9.64 Å². The maximum absolute atomic E-state index is 12.8. The molecule has 5 heterocycles. The highest BCUT2D eigenvalue weighted by Crippen LogP contribution is 2.43. The minimum Gasteiger partial charge on any atom is -0.485 e. The zero-order valence-corrected chi connectivity index (χ0v) is 20.1. The van der Waals surface area contributed by atoms with E-state index in [-0.39, 0.29) is 5.60 Å². The monoisotopic (exact) mass is 491 g/mol. The lowest BCUT2D eigenvalue weighted by Crippen LogP contribution is -2.46. The minimum absolute atomic E-state index is 0.308. The first-order chi connectivity index (χ1) is 16.2. The van der Waals surface area contributed by atoms with Crippen molar-refractivity contribution in [1.82, 2.24) is 19.3 Å². The van der Waals surface area contributed by atoms with Crippen LogP contribution in [0, 0.1) is 5.92 Å². The van der Waals surface area contributed by atoms with Crippen molar-refractivity contribution in [2.75, 3.05) is 37.3 Å². The summed E-state index contributed by atoms with van der Waals surface area (Å²) in [5, 5.41) is 0. The average Bonchev–Trinajstić information content (AvgIpc) is 3.20. The molecule has 0 amide bonds. The maximum atomic E-state index is 12.8. The van der Waals surface area contributed by atoms with E-state index in [2.05, 4.69) is 44.6 Å². The fourth-order valence-corrected chi connectivity index (χ4v) is 5.68. The summed E-state index contributed by atoms with van der Waals surface area (Å²) in [5.41, 5.74) is 2.28. The molecule has 5 rings (SSSR count). The van der Waals surface area contributed by atoms with E-state index in [9.17, 15) is 13.2 Å². The molecule has 0 spiro atoms. The van der Waals surface area contributed by atoms with E-state index in [1.54, 1.807) is 11.9 Å². The van der Waals surface area contributed by atoms with Crippen LogP contribution in [0.1, 0.15) is 43.1 Å². The van der Waals surface area contributed by atoms with E-state index in [0.29, 0.717) is 24.8 Å². The summed E-state index contributed by atoms with van der Waals surface area (Å²) in [6, 6.07) is 2.19. The van der Waals surface area contributed by atoms with Gasteiger partial charge in [-0.1, -0.05) is 18.0 Å². The summed E-state index contributed by atoms with van der Waals surface area (Å²) in [7, 11) is 0. The Morgan fingerprint density at radius 2 is 1.88 bits per heavy atom. The van der Waals surface area contributed by atoms with Crippen LogP contribution in [0.3, 0.4) is 0 Å². The van der Waals surface area contributed by atoms with Crippen molar-refractivity contribution in [1.29, 1.82) is 0 Å². The van der Waals surface area contributed by atoms with Gasteiger partial charge in [0.05, 0.1) is 24.3 Å². The first-order valence-corrected chi connectivity index (χ1v) is 12.7.